The van der Waals surface area contributed by atoms with E-state index >= 15 is 0 Å². The molecule has 0 aliphatic carbocycles. The van der Waals surface area contributed by atoms with Gasteiger partial charge in [0.15, 0.2) is 0 Å². The normalized spacial score (nSPS) is 12.3. The summed E-state index contributed by atoms with van der Waals surface area (Å²) in [5, 5.41) is 15.0. The van der Waals surface area contributed by atoms with Crippen LogP contribution in [0.15, 0.2) is 22.4 Å². The quantitative estimate of drug-likeness (QED) is 0.0742. The van der Waals surface area contributed by atoms with Crippen molar-refractivity contribution in [2.45, 2.75) is 49.2 Å². The number of carboxylic acids is 2. The van der Waals surface area contributed by atoms with Gasteiger partial charge in [0.25, 0.3) is 10.0 Å². The number of nitrogens with one attached hydrogen (secondary N) is 1. The summed E-state index contributed by atoms with van der Waals surface area (Å²) in [6, 6.07) is 5.40. The fraction of sp³-hybridized carbons (Fsp3) is 0.583. The minimum absolute atomic E-state index is 0.0381. The number of unbranched alkanes of at least 4 members (excludes halogenated alkanes) is 1. The van der Waals surface area contributed by atoms with Gasteiger partial charge in [0.2, 0.25) is 0 Å². The lowest BCUT2D eigenvalue weighted by atomic mass is 10.2. The fourth-order valence-electron chi connectivity index (χ4n) is 3.37. The molecule has 47 heavy (non-hydrogen) atoms. The number of aliphatic carboxylic acids is 2. The first kappa shape index (κ1) is 44.4. The van der Waals surface area contributed by atoms with E-state index in [2.05, 4.69) is 4.90 Å². The zero-order valence-corrected chi connectivity index (χ0v) is 27.4. The second kappa shape index (κ2) is 20.1. The number of sulfonamides is 1. The van der Waals surface area contributed by atoms with E-state index in [9.17, 15) is 39.3 Å². The molecule has 2 rings (SSSR count). The minimum atomic E-state index is -5.08. The molecule has 0 unspecified atom stereocenters. The van der Waals surface area contributed by atoms with Crippen molar-refractivity contribution < 1.29 is 73.7 Å². The first-order valence-electron chi connectivity index (χ1n) is 13.4. The van der Waals surface area contributed by atoms with Crippen molar-refractivity contribution in [1.82, 2.24) is 9.62 Å². The van der Waals surface area contributed by atoms with Gasteiger partial charge in [-0.2, -0.15) is 31.1 Å². The van der Waals surface area contributed by atoms with E-state index in [0.29, 0.717) is 31.0 Å². The van der Waals surface area contributed by atoms with Crippen LogP contribution in [-0.4, -0.2) is 103 Å². The molecule has 0 fully saturated rings. The molecule has 0 aliphatic heterocycles. The number of ether oxygens (including phenoxy) is 1. The van der Waals surface area contributed by atoms with Gasteiger partial charge in [-0.15, -0.1) is 11.3 Å². The highest BCUT2D eigenvalue weighted by molar-refractivity contribution is 7.92. The first-order chi connectivity index (χ1) is 21.5. The Morgan fingerprint density at radius 3 is 1.89 bits per heavy atom. The molecule has 0 radical (unpaired) electrons. The summed E-state index contributed by atoms with van der Waals surface area (Å²) in [5.74, 6) is -4.87. The van der Waals surface area contributed by atoms with E-state index in [1.54, 1.807) is 25.1 Å². The SMILES string of the molecule is Cc1c(S(=O)(=O)NCP(=O)(O)O)sc2ccc(OCCCN(CCCN)CCCCN)cc12.O=C(O)C(F)(F)F.O=C(O)C(F)(F)F. The number of alkyl halides is 6. The van der Waals surface area contributed by atoms with Crippen LogP contribution in [-0.2, 0) is 24.2 Å². The minimum Gasteiger partial charge on any atom is -0.494 e. The molecule has 2 aromatic rings. The van der Waals surface area contributed by atoms with Crippen LogP contribution >= 0.6 is 18.9 Å². The highest BCUT2D eigenvalue weighted by atomic mass is 32.2. The van der Waals surface area contributed by atoms with Crippen molar-refractivity contribution in [2.24, 2.45) is 11.5 Å². The maximum absolute atomic E-state index is 12.5. The Morgan fingerprint density at radius 2 is 1.43 bits per heavy atom. The van der Waals surface area contributed by atoms with Crippen molar-refractivity contribution in [3.63, 3.8) is 0 Å². The largest absolute Gasteiger partial charge is 0.494 e. The van der Waals surface area contributed by atoms with Crippen LogP contribution in [0.3, 0.4) is 0 Å². The third-order valence-corrected chi connectivity index (χ3v) is 9.63. The summed E-state index contributed by atoms with van der Waals surface area (Å²) in [6.07, 6.45) is -7.25. The molecule has 0 spiro atoms. The number of thiophene rings is 1. The number of aryl methyl sites for hydroxylation is 1. The molecule has 0 saturated carbocycles. The Morgan fingerprint density at radius 1 is 0.936 bits per heavy atom. The van der Waals surface area contributed by atoms with Crippen LogP contribution in [0.1, 0.15) is 31.2 Å². The number of nitrogens with zero attached hydrogens (tertiary/aromatic N) is 1. The molecule has 0 aliphatic rings. The molecular formula is C24H37F6N4O10PS2. The van der Waals surface area contributed by atoms with Gasteiger partial charge in [-0.1, -0.05) is 0 Å². The number of carbonyl (C=O) groups is 2. The number of rotatable bonds is 16. The van der Waals surface area contributed by atoms with Crippen molar-refractivity contribution in [2.75, 3.05) is 45.6 Å². The molecule has 1 aromatic heterocycles. The highest BCUT2D eigenvalue weighted by Gasteiger charge is 2.39. The Kier molecular flexibility index (Phi) is 19.0. The van der Waals surface area contributed by atoms with Gasteiger partial charge in [-0.3, -0.25) is 4.57 Å². The number of benzene rings is 1. The molecule has 0 atom stereocenters. The lowest BCUT2D eigenvalue weighted by molar-refractivity contribution is -0.193. The molecule has 0 bridgehead atoms. The third-order valence-electron chi connectivity index (χ3n) is 5.55. The Hall–Kier alpha value is -2.56. The zero-order valence-electron chi connectivity index (χ0n) is 24.9. The van der Waals surface area contributed by atoms with Crippen molar-refractivity contribution >= 4 is 51.0 Å². The lowest BCUT2D eigenvalue weighted by Crippen LogP contribution is -2.29. The van der Waals surface area contributed by atoms with Gasteiger partial charge < -0.3 is 41.1 Å². The second-order valence-electron chi connectivity index (χ2n) is 9.43. The standard InChI is InChI=1S/C20H35N4O6PS2.2C2HF3O2/c1-16-18-14-17(30-13-5-12-24(11-4-9-22)10-3-2-8-21)6-7-19(18)32-20(16)33(28,29)23-15-31(25,26)27;2*3-2(4,5)1(6)7/h6-7,14,23H,2-5,8-13,15,21-22H2,1H3,(H2,25,26,27);2*(H,6,7). The summed E-state index contributed by atoms with van der Waals surface area (Å²) in [4.78, 5) is 38.1. The number of hydrogen-bond acceptors (Lipinski definition) is 10. The van der Waals surface area contributed by atoms with Crippen LogP contribution < -0.4 is 20.9 Å². The van der Waals surface area contributed by atoms with E-state index in [1.807, 2.05) is 4.72 Å². The predicted octanol–water partition coefficient (Wildman–Crippen LogP) is 3.05. The summed E-state index contributed by atoms with van der Waals surface area (Å²) in [7, 11) is -8.53. The third kappa shape index (κ3) is 18.5. The van der Waals surface area contributed by atoms with Crippen LogP contribution in [0.5, 0.6) is 5.75 Å². The number of fused-ring (bicyclic) bond motifs is 1. The highest BCUT2D eigenvalue weighted by Crippen LogP contribution is 2.37. The topological polar surface area (TPSA) is 243 Å². The molecule has 272 valence electrons. The Bertz CT molecular complexity index is 1410. The lowest BCUT2D eigenvalue weighted by Gasteiger charge is -2.22. The predicted molar refractivity (Wildman–Crippen MR) is 160 cm³/mol. The molecular weight excluding hydrogens is 713 g/mol. The van der Waals surface area contributed by atoms with Gasteiger partial charge in [-0.25, -0.2) is 18.0 Å². The van der Waals surface area contributed by atoms with Crippen LogP contribution in [0.2, 0.25) is 0 Å². The Labute approximate surface area is 269 Å². The van der Waals surface area contributed by atoms with Gasteiger partial charge in [0.05, 0.1) is 6.61 Å². The molecule has 1 aromatic carbocycles. The van der Waals surface area contributed by atoms with Crippen molar-refractivity contribution in [1.29, 1.82) is 0 Å². The monoisotopic (exact) mass is 750 g/mol. The number of halogens is 6. The summed E-state index contributed by atoms with van der Waals surface area (Å²) >= 11 is 1.05. The van der Waals surface area contributed by atoms with Gasteiger partial charge in [0, 0.05) is 16.6 Å². The maximum Gasteiger partial charge on any atom is 0.490 e. The molecule has 0 saturated heterocycles. The maximum atomic E-state index is 12.5. The van der Waals surface area contributed by atoms with Crippen LogP contribution in [0.4, 0.5) is 26.3 Å². The second-order valence-corrected chi connectivity index (χ2v) is 14.1. The van der Waals surface area contributed by atoms with Crippen LogP contribution in [0, 0.1) is 6.92 Å². The fourth-order valence-corrected chi connectivity index (χ4v) is 7.17. The van der Waals surface area contributed by atoms with Crippen molar-refractivity contribution in [3.8, 4) is 5.75 Å². The van der Waals surface area contributed by atoms with E-state index in [0.717, 1.165) is 66.7 Å². The summed E-state index contributed by atoms with van der Waals surface area (Å²) < 4.78 is 108. The molecule has 1 heterocycles. The van der Waals surface area contributed by atoms with Crippen molar-refractivity contribution in [3.05, 3.63) is 23.8 Å². The van der Waals surface area contributed by atoms with Gasteiger partial charge >= 0.3 is 31.9 Å². The van der Waals surface area contributed by atoms with Crippen LogP contribution in [0.25, 0.3) is 10.1 Å². The molecule has 23 heteroatoms. The average molecular weight is 751 g/mol. The average Bonchev–Trinajstić information content (AvgIpc) is 3.28. The van der Waals surface area contributed by atoms with Gasteiger partial charge in [0.1, 0.15) is 16.2 Å². The number of nitrogens with two attached hydrogens (primary N) is 2. The summed E-state index contributed by atoms with van der Waals surface area (Å²) in [5.41, 5.74) is 11.7. The Balaban J connectivity index is 0.00000126. The molecule has 9 N–H and O–H groups in total. The first-order valence-corrected chi connectivity index (χ1v) is 17.5. The number of hydrogen-bond donors (Lipinski definition) is 7. The zero-order chi connectivity index (χ0) is 36.6. The molecule has 0 amide bonds. The smallest absolute Gasteiger partial charge is 0.490 e. The van der Waals surface area contributed by atoms with E-state index < -0.39 is 48.2 Å². The van der Waals surface area contributed by atoms with E-state index in [4.69, 9.17) is 45.8 Å². The molecule has 14 nitrogen and oxygen atoms in total. The van der Waals surface area contributed by atoms with Gasteiger partial charge in [-0.05, 0) is 82.5 Å². The van der Waals surface area contributed by atoms with E-state index in [-0.39, 0.29) is 4.21 Å². The van der Waals surface area contributed by atoms with E-state index in [1.165, 1.54) is 0 Å². The number of carboxylic acid groups (broad SMARTS) is 2. The summed E-state index contributed by atoms with van der Waals surface area (Å²) in [6.45, 7) is 6.40.